The Morgan fingerprint density at radius 1 is 1.19 bits per heavy atom. The van der Waals surface area contributed by atoms with Gasteiger partial charge >= 0.3 is 5.97 Å². The Hall–Kier alpha value is -0.610. The zero-order valence-corrected chi connectivity index (χ0v) is 10.8. The van der Waals surface area contributed by atoms with Crippen LogP contribution in [0.15, 0.2) is 0 Å². The van der Waals surface area contributed by atoms with Crippen LogP contribution in [0.2, 0.25) is 0 Å². The lowest BCUT2D eigenvalue weighted by atomic mass is 10.2. The van der Waals surface area contributed by atoms with Crippen molar-refractivity contribution in [2.45, 2.75) is 46.1 Å². The third-order valence-electron chi connectivity index (χ3n) is 2.11. The Kier molecular flexibility index (Phi) is 10.5. The van der Waals surface area contributed by atoms with Gasteiger partial charge in [0.1, 0.15) is 6.04 Å². The maximum Gasteiger partial charge on any atom is 0.323 e. The fourth-order valence-electron chi connectivity index (χ4n) is 1.31. The molecule has 0 aromatic rings. The normalized spacial score (nSPS) is 12.4. The highest BCUT2D eigenvalue weighted by Gasteiger charge is 2.18. The van der Waals surface area contributed by atoms with E-state index >= 15 is 0 Å². The Morgan fingerprint density at radius 3 is 2.50 bits per heavy atom. The average Bonchev–Trinajstić information content (AvgIpc) is 2.28. The molecule has 0 aliphatic heterocycles. The molecule has 96 valence electrons. The molecule has 0 saturated heterocycles. The van der Waals surface area contributed by atoms with E-state index in [0.29, 0.717) is 19.6 Å². The fraction of sp³-hybridized carbons (Fsp3) is 0.917. The van der Waals surface area contributed by atoms with Crippen molar-refractivity contribution in [2.24, 2.45) is 0 Å². The molecule has 0 radical (unpaired) electrons. The molecular formula is C12H25NO3. The van der Waals surface area contributed by atoms with Crippen molar-refractivity contribution >= 4 is 5.97 Å². The van der Waals surface area contributed by atoms with Crippen LogP contribution >= 0.6 is 0 Å². The lowest BCUT2D eigenvalue weighted by Crippen LogP contribution is -2.39. The monoisotopic (exact) mass is 231 g/mol. The number of rotatable bonds is 10. The number of hydrogen-bond acceptors (Lipinski definition) is 4. The molecule has 1 unspecified atom stereocenters. The van der Waals surface area contributed by atoms with Gasteiger partial charge in [-0.15, -0.1) is 0 Å². The number of ether oxygens (including phenoxy) is 2. The van der Waals surface area contributed by atoms with E-state index < -0.39 is 0 Å². The highest BCUT2D eigenvalue weighted by atomic mass is 16.5. The highest BCUT2D eigenvalue weighted by Crippen LogP contribution is 1.98. The van der Waals surface area contributed by atoms with Gasteiger partial charge in [0.25, 0.3) is 0 Å². The Balaban J connectivity index is 3.84. The van der Waals surface area contributed by atoms with Crippen molar-refractivity contribution in [3.63, 3.8) is 0 Å². The quantitative estimate of drug-likeness (QED) is 0.459. The van der Waals surface area contributed by atoms with Gasteiger partial charge in [-0.25, -0.2) is 0 Å². The van der Waals surface area contributed by atoms with Crippen LogP contribution in [0.3, 0.4) is 0 Å². The first-order chi connectivity index (χ1) is 7.76. The van der Waals surface area contributed by atoms with E-state index in [1.165, 1.54) is 0 Å². The zero-order chi connectivity index (χ0) is 12.2. The van der Waals surface area contributed by atoms with Gasteiger partial charge in [-0.2, -0.15) is 0 Å². The lowest BCUT2D eigenvalue weighted by Gasteiger charge is -2.16. The van der Waals surface area contributed by atoms with E-state index in [1.807, 2.05) is 6.92 Å². The number of esters is 1. The second-order valence-electron chi connectivity index (χ2n) is 3.66. The highest BCUT2D eigenvalue weighted by molar-refractivity contribution is 5.75. The first kappa shape index (κ1) is 15.4. The molecule has 1 N–H and O–H groups in total. The molecule has 0 aromatic heterocycles. The minimum absolute atomic E-state index is 0.170. The van der Waals surface area contributed by atoms with Gasteiger partial charge in [0, 0.05) is 13.2 Å². The van der Waals surface area contributed by atoms with Crippen molar-refractivity contribution in [3.05, 3.63) is 0 Å². The van der Waals surface area contributed by atoms with E-state index in [4.69, 9.17) is 9.47 Å². The molecule has 0 spiro atoms. The second kappa shape index (κ2) is 10.9. The van der Waals surface area contributed by atoms with Crippen LogP contribution in [0.25, 0.3) is 0 Å². The molecule has 4 nitrogen and oxygen atoms in total. The smallest absolute Gasteiger partial charge is 0.323 e. The molecular weight excluding hydrogens is 206 g/mol. The van der Waals surface area contributed by atoms with Crippen molar-refractivity contribution in [2.75, 3.05) is 26.4 Å². The van der Waals surface area contributed by atoms with Crippen LogP contribution in [0.4, 0.5) is 0 Å². The third kappa shape index (κ3) is 7.65. The minimum atomic E-state index is -0.225. The number of nitrogens with one attached hydrogen (secondary N) is 1. The summed E-state index contributed by atoms with van der Waals surface area (Å²) in [6, 6.07) is -0.225. The standard InChI is InChI=1S/C12H25NO3/c1-4-8-13-11(12(14)16-6-3)7-10-15-9-5-2/h11,13H,4-10H2,1-3H3. The van der Waals surface area contributed by atoms with Gasteiger partial charge in [0.15, 0.2) is 0 Å². The molecule has 0 amide bonds. The summed E-state index contributed by atoms with van der Waals surface area (Å²) in [5, 5.41) is 3.18. The number of hydrogen-bond donors (Lipinski definition) is 1. The molecule has 16 heavy (non-hydrogen) atoms. The largest absolute Gasteiger partial charge is 0.465 e. The summed E-state index contributed by atoms with van der Waals surface area (Å²) in [5.41, 5.74) is 0. The van der Waals surface area contributed by atoms with Crippen molar-refractivity contribution in [1.82, 2.24) is 5.32 Å². The maximum absolute atomic E-state index is 11.6. The van der Waals surface area contributed by atoms with E-state index in [-0.39, 0.29) is 12.0 Å². The van der Waals surface area contributed by atoms with Gasteiger partial charge < -0.3 is 14.8 Å². The Bertz CT molecular complexity index is 174. The van der Waals surface area contributed by atoms with Crippen molar-refractivity contribution in [3.8, 4) is 0 Å². The first-order valence-electron chi connectivity index (χ1n) is 6.23. The summed E-state index contributed by atoms with van der Waals surface area (Å²) in [6.45, 7) is 8.58. The molecule has 0 aliphatic rings. The Labute approximate surface area is 98.7 Å². The fourth-order valence-corrected chi connectivity index (χ4v) is 1.31. The van der Waals surface area contributed by atoms with Crippen LogP contribution in [0.5, 0.6) is 0 Å². The van der Waals surface area contributed by atoms with Gasteiger partial charge in [-0.3, -0.25) is 4.79 Å². The van der Waals surface area contributed by atoms with Gasteiger partial charge in [-0.1, -0.05) is 13.8 Å². The summed E-state index contributed by atoms with van der Waals surface area (Å²) >= 11 is 0. The molecule has 0 aliphatic carbocycles. The summed E-state index contributed by atoms with van der Waals surface area (Å²) in [5.74, 6) is -0.170. The molecule has 0 heterocycles. The van der Waals surface area contributed by atoms with E-state index in [0.717, 1.165) is 26.0 Å². The minimum Gasteiger partial charge on any atom is -0.465 e. The van der Waals surface area contributed by atoms with Crippen LogP contribution < -0.4 is 5.32 Å². The predicted octanol–water partition coefficient (Wildman–Crippen LogP) is 1.73. The first-order valence-corrected chi connectivity index (χ1v) is 6.23. The number of carbonyl (C=O) groups is 1. The van der Waals surface area contributed by atoms with E-state index in [2.05, 4.69) is 19.2 Å². The molecule has 1 atom stereocenters. The molecule has 0 rings (SSSR count). The maximum atomic E-state index is 11.6. The summed E-state index contributed by atoms with van der Waals surface area (Å²) in [4.78, 5) is 11.6. The lowest BCUT2D eigenvalue weighted by molar-refractivity contribution is -0.146. The Morgan fingerprint density at radius 2 is 1.94 bits per heavy atom. The summed E-state index contributed by atoms with van der Waals surface area (Å²) < 4.78 is 10.4. The SMILES string of the molecule is CCCNC(CCOCCC)C(=O)OCC. The van der Waals surface area contributed by atoms with Gasteiger partial charge in [-0.05, 0) is 32.7 Å². The van der Waals surface area contributed by atoms with Crippen molar-refractivity contribution < 1.29 is 14.3 Å². The van der Waals surface area contributed by atoms with Crippen molar-refractivity contribution in [1.29, 1.82) is 0 Å². The van der Waals surface area contributed by atoms with Gasteiger partial charge in [0.05, 0.1) is 6.61 Å². The van der Waals surface area contributed by atoms with Crippen LogP contribution in [-0.2, 0) is 14.3 Å². The zero-order valence-electron chi connectivity index (χ0n) is 10.8. The molecule has 0 aromatic carbocycles. The summed E-state index contributed by atoms with van der Waals surface area (Å²) in [7, 11) is 0. The second-order valence-corrected chi connectivity index (χ2v) is 3.66. The molecule has 0 saturated carbocycles. The molecule has 0 bridgehead atoms. The van der Waals surface area contributed by atoms with Crippen LogP contribution in [0, 0.1) is 0 Å². The molecule has 4 heteroatoms. The van der Waals surface area contributed by atoms with Crippen LogP contribution in [-0.4, -0.2) is 38.4 Å². The van der Waals surface area contributed by atoms with E-state index in [1.54, 1.807) is 0 Å². The molecule has 0 fully saturated rings. The topological polar surface area (TPSA) is 47.6 Å². The predicted molar refractivity (Wildman–Crippen MR) is 64.4 cm³/mol. The van der Waals surface area contributed by atoms with E-state index in [9.17, 15) is 4.79 Å². The number of carbonyl (C=O) groups excluding carboxylic acids is 1. The van der Waals surface area contributed by atoms with Gasteiger partial charge in [0.2, 0.25) is 0 Å². The average molecular weight is 231 g/mol. The van der Waals surface area contributed by atoms with Crippen LogP contribution in [0.1, 0.15) is 40.0 Å². The summed E-state index contributed by atoms with van der Waals surface area (Å²) in [6.07, 6.45) is 2.69. The third-order valence-corrected chi connectivity index (χ3v) is 2.11.